The Morgan fingerprint density at radius 3 is 2.57 bits per heavy atom. The number of rotatable bonds is 5. The topological polar surface area (TPSA) is 94.7 Å². The van der Waals surface area contributed by atoms with Crippen molar-refractivity contribution in [1.82, 2.24) is 4.98 Å². The van der Waals surface area contributed by atoms with Gasteiger partial charge in [0.25, 0.3) is 5.69 Å². The van der Waals surface area contributed by atoms with Gasteiger partial charge >= 0.3 is 0 Å². The zero-order valence-electron chi connectivity index (χ0n) is 11.5. The molecule has 1 aromatic carbocycles. The number of methoxy groups -OCH3 is 1. The number of benzene rings is 1. The summed E-state index contributed by atoms with van der Waals surface area (Å²) in [6.45, 7) is 1.64. The van der Waals surface area contributed by atoms with E-state index < -0.39 is 11.0 Å². The molecule has 0 unspecified atom stereocenters. The van der Waals surface area contributed by atoms with Crippen LogP contribution in [0.15, 0.2) is 36.5 Å². The minimum absolute atomic E-state index is 0.0865. The Labute approximate surface area is 120 Å². The van der Waals surface area contributed by atoms with E-state index >= 15 is 0 Å². The number of nitro groups is 1. The SMILES string of the molecule is COc1cc([N+](=O)[O-])ccc1Oc1ccc([C@@H](C)O)cn1. The van der Waals surface area contributed by atoms with Crippen molar-refractivity contribution in [2.45, 2.75) is 13.0 Å². The minimum atomic E-state index is -0.611. The predicted molar refractivity (Wildman–Crippen MR) is 74.6 cm³/mol. The third kappa shape index (κ3) is 3.46. The smallest absolute Gasteiger partial charge is 0.273 e. The van der Waals surface area contributed by atoms with Crippen molar-refractivity contribution in [3.8, 4) is 17.4 Å². The third-order valence-electron chi connectivity index (χ3n) is 2.81. The molecule has 0 spiro atoms. The van der Waals surface area contributed by atoms with Gasteiger partial charge in [0.2, 0.25) is 5.88 Å². The van der Waals surface area contributed by atoms with Gasteiger partial charge in [-0.15, -0.1) is 0 Å². The van der Waals surface area contributed by atoms with Crippen molar-refractivity contribution in [3.63, 3.8) is 0 Å². The minimum Gasteiger partial charge on any atom is -0.493 e. The number of hydrogen-bond acceptors (Lipinski definition) is 6. The van der Waals surface area contributed by atoms with Gasteiger partial charge in [0, 0.05) is 18.3 Å². The summed E-state index contributed by atoms with van der Waals surface area (Å²) in [5, 5.41) is 20.1. The fraction of sp³-hybridized carbons (Fsp3) is 0.214. The van der Waals surface area contributed by atoms with E-state index in [0.29, 0.717) is 17.2 Å². The van der Waals surface area contributed by atoms with E-state index in [-0.39, 0.29) is 11.4 Å². The molecular weight excluding hydrogens is 276 g/mol. The number of aliphatic hydroxyl groups excluding tert-OH is 1. The van der Waals surface area contributed by atoms with E-state index in [2.05, 4.69) is 4.98 Å². The third-order valence-corrected chi connectivity index (χ3v) is 2.81. The number of aromatic nitrogens is 1. The van der Waals surface area contributed by atoms with Gasteiger partial charge in [-0.3, -0.25) is 10.1 Å². The van der Waals surface area contributed by atoms with E-state index in [1.165, 1.54) is 31.5 Å². The molecule has 110 valence electrons. The van der Waals surface area contributed by atoms with Gasteiger partial charge < -0.3 is 14.6 Å². The van der Waals surface area contributed by atoms with Crippen LogP contribution < -0.4 is 9.47 Å². The normalized spacial score (nSPS) is 11.8. The first-order chi connectivity index (χ1) is 10.0. The molecule has 0 bridgehead atoms. The first-order valence-electron chi connectivity index (χ1n) is 6.15. The average molecular weight is 290 g/mol. The second kappa shape index (κ2) is 6.19. The van der Waals surface area contributed by atoms with E-state index in [4.69, 9.17) is 9.47 Å². The number of nitrogens with zero attached hydrogens (tertiary/aromatic N) is 2. The number of ether oxygens (including phenoxy) is 2. The molecular formula is C14H14N2O5. The summed E-state index contributed by atoms with van der Waals surface area (Å²) in [6, 6.07) is 7.33. The fourth-order valence-corrected chi connectivity index (χ4v) is 1.67. The highest BCUT2D eigenvalue weighted by atomic mass is 16.6. The van der Waals surface area contributed by atoms with Gasteiger partial charge in [0.05, 0.1) is 24.2 Å². The Kier molecular flexibility index (Phi) is 4.34. The second-order valence-corrected chi connectivity index (χ2v) is 4.30. The average Bonchev–Trinajstić information content (AvgIpc) is 2.48. The van der Waals surface area contributed by atoms with Crippen LogP contribution in [0.2, 0.25) is 0 Å². The molecule has 2 rings (SSSR count). The van der Waals surface area contributed by atoms with Crippen molar-refractivity contribution in [2.75, 3.05) is 7.11 Å². The monoisotopic (exact) mass is 290 g/mol. The lowest BCUT2D eigenvalue weighted by Gasteiger charge is -2.10. The second-order valence-electron chi connectivity index (χ2n) is 4.30. The van der Waals surface area contributed by atoms with Crippen LogP contribution in [0.4, 0.5) is 5.69 Å². The summed E-state index contributed by atoms with van der Waals surface area (Å²) < 4.78 is 10.6. The van der Waals surface area contributed by atoms with Crippen LogP contribution in [-0.4, -0.2) is 22.1 Å². The van der Waals surface area contributed by atoms with Gasteiger partial charge in [0.1, 0.15) is 0 Å². The van der Waals surface area contributed by atoms with Crippen LogP contribution in [0, 0.1) is 10.1 Å². The molecule has 0 saturated carbocycles. The maximum Gasteiger partial charge on any atom is 0.273 e. The Hall–Kier alpha value is -2.67. The van der Waals surface area contributed by atoms with Crippen LogP contribution in [0.5, 0.6) is 17.4 Å². The molecule has 0 radical (unpaired) electrons. The van der Waals surface area contributed by atoms with Gasteiger partial charge in [-0.1, -0.05) is 0 Å². The van der Waals surface area contributed by atoms with Crippen molar-refractivity contribution in [3.05, 3.63) is 52.2 Å². The van der Waals surface area contributed by atoms with Crippen molar-refractivity contribution >= 4 is 5.69 Å². The lowest BCUT2D eigenvalue weighted by Crippen LogP contribution is -1.96. The van der Waals surface area contributed by atoms with E-state index in [0.717, 1.165) is 0 Å². The highest BCUT2D eigenvalue weighted by molar-refractivity contribution is 5.49. The van der Waals surface area contributed by atoms with Crippen LogP contribution >= 0.6 is 0 Å². The molecule has 0 amide bonds. The quantitative estimate of drug-likeness (QED) is 0.672. The van der Waals surface area contributed by atoms with Crippen LogP contribution in [0.25, 0.3) is 0 Å². The number of aliphatic hydroxyl groups is 1. The molecule has 7 heteroatoms. The molecule has 1 heterocycles. The summed E-state index contributed by atoms with van der Waals surface area (Å²) >= 11 is 0. The summed E-state index contributed by atoms with van der Waals surface area (Å²) in [5.41, 5.74) is 0.578. The molecule has 7 nitrogen and oxygen atoms in total. The molecule has 1 atom stereocenters. The Morgan fingerprint density at radius 1 is 1.29 bits per heavy atom. The lowest BCUT2D eigenvalue weighted by atomic mass is 10.2. The van der Waals surface area contributed by atoms with E-state index in [9.17, 15) is 15.2 Å². The summed E-state index contributed by atoms with van der Waals surface area (Å²) in [4.78, 5) is 14.3. The molecule has 21 heavy (non-hydrogen) atoms. The highest BCUT2D eigenvalue weighted by Gasteiger charge is 2.13. The molecule has 0 saturated heterocycles. The Balaban J connectivity index is 2.24. The summed E-state index contributed by atoms with van der Waals surface area (Å²) in [7, 11) is 1.40. The van der Waals surface area contributed by atoms with E-state index in [1.807, 2.05) is 0 Å². The zero-order valence-corrected chi connectivity index (χ0v) is 11.5. The Bertz CT molecular complexity index is 640. The van der Waals surface area contributed by atoms with Gasteiger partial charge in [0.15, 0.2) is 11.5 Å². The fourth-order valence-electron chi connectivity index (χ4n) is 1.67. The van der Waals surface area contributed by atoms with Crippen molar-refractivity contribution in [1.29, 1.82) is 0 Å². The molecule has 0 aliphatic carbocycles. The summed E-state index contributed by atoms with van der Waals surface area (Å²) in [6.07, 6.45) is 0.887. The standard InChI is InChI=1S/C14H14N2O5/c1-9(17)10-3-6-14(15-8-10)21-12-5-4-11(16(18)19)7-13(12)20-2/h3-9,17H,1-2H3/t9-/m1/s1. The summed E-state index contributed by atoms with van der Waals surface area (Å²) in [5.74, 6) is 0.859. The van der Waals surface area contributed by atoms with Crippen LogP contribution in [0.3, 0.4) is 0 Å². The first-order valence-corrected chi connectivity index (χ1v) is 6.15. The Morgan fingerprint density at radius 2 is 2.05 bits per heavy atom. The van der Waals surface area contributed by atoms with Crippen molar-refractivity contribution in [2.24, 2.45) is 0 Å². The predicted octanol–water partition coefficient (Wildman–Crippen LogP) is 2.84. The number of hydrogen-bond donors (Lipinski definition) is 1. The number of pyridine rings is 1. The van der Waals surface area contributed by atoms with Crippen LogP contribution in [-0.2, 0) is 0 Å². The highest BCUT2D eigenvalue weighted by Crippen LogP contribution is 2.34. The van der Waals surface area contributed by atoms with Crippen LogP contribution in [0.1, 0.15) is 18.6 Å². The molecule has 0 fully saturated rings. The van der Waals surface area contributed by atoms with E-state index in [1.54, 1.807) is 19.1 Å². The first kappa shape index (κ1) is 14.7. The molecule has 2 aromatic rings. The van der Waals surface area contributed by atoms with Gasteiger partial charge in [-0.05, 0) is 24.6 Å². The lowest BCUT2D eigenvalue weighted by molar-refractivity contribution is -0.384. The largest absolute Gasteiger partial charge is 0.493 e. The molecule has 0 aliphatic heterocycles. The maximum atomic E-state index is 10.7. The molecule has 1 aromatic heterocycles. The van der Waals surface area contributed by atoms with Gasteiger partial charge in [-0.25, -0.2) is 4.98 Å². The van der Waals surface area contributed by atoms with Gasteiger partial charge in [-0.2, -0.15) is 0 Å². The maximum absolute atomic E-state index is 10.7. The number of nitro benzene ring substituents is 1. The number of non-ortho nitro benzene ring substituents is 1. The molecule has 0 aliphatic rings. The van der Waals surface area contributed by atoms with Crippen molar-refractivity contribution < 1.29 is 19.5 Å². The zero-order chi connectivity index (χ0) is 15.4. The molecule has 1 N–H and O–H groups in total.